The Hall–Kier alpha value is -1.84. The lowest BCUT2D eigenvalue weighted by molar-refractivity contribution is -0.119. The zero-order valence-corrected chi connectivity index (χ0v) is 12.8. The minimum absolute atomic E-state index is 0.000160. The van der Waals surface area contributed by atoms with Gasteiger partial charge < -0.3 is 10.6 Å². The summed E-state index contributed by atoms with van der Waals surface area (Å²) in [6.45, 7) is 4.20. The van der Waals surface area contributed by atoms with Crippen molar-refractivity contribution in [3.8, 4) is 0 Å². The maximum absolute atomic E-state index is 12.3. The molecule has 114 valence electrons. The lowest BCUT2D eigenvalue weighted by atomic mass is 9.86. The van der Waals surface area contributed by atoms with Crippen LogP contribution in [0.5, 0.6) is 0 Å². The summed E-state index contributed by atoms with van der Waals surface area (Å²) in [6, 6.07) is 7.70. The lowest BCUT2D eigenvalue weighted by Gasteiger charge is -2.29. The number of hydrogen-bond donors (Lipinski definition) is 2. The van der Waals surface area contributed by atoms with Crippen molar-refractivity contribution in [3.63, 3.8) is 0 Å². The largest absolute Gasteiger partial charge is 0.352 e. The van der Waals surface area contributed by atoms with Gasteiger partial charge in [-0.15, -0.1) is 0 Å². The topological polar surface area (TPSA) is 58.2 Å². The van der Waals surface area contributed by atoms with Gasteiger partial charge in [-0.25, -0.2) is 0 Å². The van der Waals surface area contributed by atoms with Crippen molar-refractivity contribution in [2.24, 2.45) is 5.92 Å². The molecule has 0 unspecified atom stereocenters. The van der Waals surface area contributed by atoms with Gasteiger partial charge in [-0.05, 0) is 36.5 Å². The van der Waals surface area contributed by atoms with Crippen molar-refractivity contribution in [1.82, 2.24) is 10.6 Å². The zero-order chi connectivity index (χ0) is 15.2. The van der Waals surface area contributed by atoms with Crippen LogP contribution in [0, 0.1) is 5.92 Å². The van der Waals surface area contributed by atoms with Gasteiger partial charge in [0.2, 0.25) is 5.91 Å². The third-order valence-corrected chi connectivity index (χ3v) is 4.19. The number of benzene rings is 1. The van der Waals surface area contributed by atoms with E-state index in [1.54, 1.807) is 0 Å². The molecule has 2 rings (SSSR count). The molecule has 4 nitrogen and oxygen atoms in total. The van der Waals surface area contributed by atoms with E-state index in [2.05, 4.69) is 17.6 Å². The number of carbonyl (C=O) groups excluding carboxylic acids is 2. The molecule has 1 saturated carbocycles. The molecular weight excluding hydrogens is 264 g/mol. The SMILES string of the molecule is CC(=O)NCc1ccc(C(=O)N[C@H]2CCCC[C@H]2C)cc1. The molecule has 4 heteroatoms. The maximum Gasteiger partial charge on any atom is 0.251 e. The third-order valence-electron chi connectivity index (χ3n) is 4.19. The smallest absolute Gasteiger partial charge is 0.251 e. The first-order valence-corrected chi connectivity index (χ1v) is 7.70. The first kappa shape index (κ1) is 15.5. The highest BCUT2D eigenvalue weighted by atomic mass is 16.2. The number of hydrogen-bond acceptors (Lipinski definition) is 2. The van der Waals surface area contributed by atoms with Crippen LogP contribution < -0.4 is 10.6 Å². The van der Waals surface area contributed by atoms with E-state index in [9.17, 15) is 9.59 Å². The summed E-state index contributed by atoms with van der Waals surface area (Å²) in [4.78, 5) is 23.1. The molecule has 0 radical (unpaired) electrons. The molecule has 1 aromatic rings. The molecule has 0 aliphatic heterocycles. The van der Waals surface area contributed by atoms with E-state index in [0.29, 0.717) is 24.1 Å². The van der Waals surface area contributed by atoms with Gasteiger partial charge in [0.15, 0.2) is 0 Å². The molecule has 2 amide bonds. The van der Waals surface area contributed by atoms with E-state index >= 15 is 0 Å². The second-order valence-electron chi connectivity index (χ2n) is 5.95. The van der Waals surface area contributed by atoms with Crippen molar-refractivity contribution < 1.29 is 9.59 Å². The molecule has 0 bridgehead atoms. The molecule has 1 aliphatic carbocycles. The Morgan fingerprint density at radius 1 is 1.14 bits per heavy atom. The van der Waals surface area contributed by atoms with Gasteiger partial charge in [-0.3, -0.25) is 9.59 Å². The number of amides is 2. The molecule has 1 fully saturated rings. The minimum atomic E-state index is -0.0527. The van der Waals surface area contributed by atoms with Crippen LogP contribution in [0.25, 0.3) is 0 Å². The highest BCUT2D eigenvalue weighted by molar-refractivity contribution is 5.94. The molecule has 0 aromatic heterocycles. The summed E-state index contributed by atoms with van der Waals surface area (Å²) in [5.41, 5.74) is 1.67. The van der Waals surface area contributed by atoms with Crippen molar-refractivity contribution in [3.05, 3.63) is 35.4 Å². The average Bonchev–Trinajstić information content (AvgIpc) is 2.48. The van der Waals surface area contributed by atoms with Crippen LogP contribution >= 0.6 is 0 Å². The number of rotatable bonds is 4. The molecule has 1 aromatic carbocycles. The fourth-order valence-electron chi connectivity index (χ4n) is 2.78. The fourth-order valence-corrected chi connectivity index (χ4v) is 2.78. The summed E-state index contributed by atoms with van der Waals surface area (Å²) in [6.07, 6.45) is 4.74. The lowest BCUT2D eigenvalue weighted by Crippen LogP contribution is -2.41. The van der Waals surface area contributed by atoms with E-state index < -0.39 is 0 Å². The Morgan fingerprint density at radius 2 is 1.81 bits per heavy atom. The summed E-state index contributed by atoms with van der Waals surface area (Å²) in [5.74, 6) is 0.504. The Morgan fingerprint density at radius 3 is 2.43 bits per heavy atom. The van der Waals surface area contributed by atoms with E-state index in [0.717, 1.165) is 12.0 Å². The Bertz CT molecular complexity index is 496. The van der Waals surface area contributed by atoms with Gasteiger partial charge in [-0.1, -0.05) is 31.9 Å². The van der Waals surface area contributed by atoms with Gasteiger partial charge in [0.1, 0.15) is 0 Å². The van der Waals surface area contributed by atoms with Crippen LogP contribution in [0.4, 0.5) is 0 Å². The van der Waals surface area contributed by atoms with Gasteiger partial charge in [-0.2, -0.15) is 0 Å². The highest BCUT2D eigenvalue weighted by Gasteiger charge is 2.23. The van der Waals surface area contributed by atoms with Crippen LogP contribution in [0.2, 0.25) is 0 Å². The van der Waals surface area contributed by atoms with E-state index in [1.165, 1.54) is 26.2 Å². The highest BCUT2D eigenvalue weighted by Crippen LogP contribution is 2.24. The molecule has 0 spiro atoms. The maximum atomic E-state index is 12.3. The first-order chi connectivity index (χ1) is 10.1. The van der Waals surface area contributed by atoms with Crippen molar-refractivity contribution in [2.75, 3.05) is 0 Å². The monoisotopic (exact) mass is 288 g/mol. The van der Waals surface area contributed by atoms with Crippen LogP contribution in [-0.4, -0.2) is 17.9 Å². The number of nitrogens with one attached hydrogen (secondary N) is 2. The zero-order valence-electron chi connectivity index (χ0n) is 12.8. The molecule has 1 aliphatic rings. The van der Waals surface area contributed by atoms with Gasteiger partial charge in [0.05, 0.1) is 0 Å². The molecule has 0 saturated heterocycles. The molecule has 2 N–H and O–H groups in total. The van der Waals surface area contributed by atoms with Gasteiger partial charge in [0.25, 0.3) is 5.91 Å². The van der Waals surface area contributed by atoms with E-state index in [-0.39, 0.29) is 11.8 Å². The third kappa shape index (κ3) is 4.59. The summed E-state index contributed by atoms with van der Waals surface area (Å²) >= 11 is 0. The summed E-state index contributed by atoms with van der Waals surface area (Å²) < 4.78 is 0. The van der Waals surface area contributed by atoms with Gasteiger partial charge >= 0.3 is 0 Å². The summed E-state index contributed by atoms with van der Waals surface area (Å²) in [5, 5.41) is 5.89. The molecule has 0 heterocycles. The van der Waals surface area contributed by atoms with Crippen molar-refractivity contribution in [2.45, 2.75) is 52.1 Å². The predicted molar refractivity (Wildman–Crippen MR) is 82.8 cm³/mol. The van der Waals surface area contributed by atoms with Crippen molar-refractivity contribution >= 4 is 11.8 Å². The van der Waals surface area contributed by atoms with E-state index in [1.807, 2.05) is 24.3 Å². The standard InChI is InChI=1S/C17H24N2O2/c1-12-5-3-4-6-16(12)19-17(21)15-9-7-14(8-10-15)11-18-13(2)20/h7-10,12,16H,3-6,11H2,1-2H3,(H,18,20)(H,19,21)/t12-,16+/m1/s1. The normalized spacial score (nSPS) is 21.6. The summed E-state index contributed by atoms with van der Waals surface area (Å²) in [7, 11) is 0. The van der Waals surface area contributed by atoms with Crippen molar-refractivity contribution in [1.29, 1.82) is 0 Å². The van der Waals surface area contributed by atoms with Gasteiger partial charge in [0, 0.05) is 25.1 Å². The predicted octanol–water partition coefficient (Wildman–Crippen LogP) is 2.63. The minimum Gasteiger partial charge on any atom is -0.352 e. The molecular formula is C17H24N2O2. The van der Waals surface area contributed by atoms with Crippen LogP contribution in [0.1, 0.15) is 55.5 Å². The Kier molecular flexibility index (Phi) is 5.37. The first-order valence-electron chi connectivity index (χ1n) is 7.70. The molecule has 21 heavy (non-hydrogen) atoms. The van der Waals surface area contributed by atoms with Crippen LogP contribution in [0.15, 0.2) is 24.3 Å². The fraction of sp³-hybridized carbons (Fsp3) is 0.529. The Labute approximate surface area is 126 Å². The second kappa shape index (κ2) is 7.25. The van der Waals surface area contributed by atoms with Crippen LogP contribution in [-0.2, 0) is 11.3 Å². The number of carbonyl (C=O) groups is 2. The average molecular weight is 288 g/mol. The Balaban J connectivity index is 1.91. The quantitative estimate of drug-likeness (QED) is 0.895. The molecule has 2 atom stereocenters. The van der Waals surface area contributed by atoms with E-state index in [4.69, 9.17) is 0 Å². The van der Waals surface area contributed by atoms with Crippen LogP contribution in [0.3, 0.4) is 0 Å². The second-order valence-corrected chi connectivity index (χ2v) is 5.95.